The van der Waals surface area contributed by atoms with Gasteiger partial charge < -0.3 is 19.5 Å². The van der Waals surface area contributed by atoms with Gasteiger partial charge in [-0.25, -0.2) is 4.98 Å². The number of hydrogen-bond acceptors (Lipinski definition) is 8. The van der Waals surface area contributed by atoms with Crippen LogP contribution in [0.3, 0.4) is 0 Å². The average molecular weight is 422 g/mol. The van der Waals surface area contributed by atoms with Gasteiger partial charge >= 0.3 is 5.97 Å². The van der Waals surface area contributed by atoms with Crippen LogP contribution in [0.2, 0.25) is 0 Å². The lowest BCUT2D eigenvalue weighted by atomic mass is 10.2. The van der Waals surface area contributed by atoms with Gasteiger partial charge in [-0.05, 0) is 39.2 Å². The molecular formula is C20H27N3O5S. The minimum atomic E-state index is -0.631. The number of ether oxygens (including phenoxy) is 3. The summed E-state index contributed by atoms with van der Waals surface area (Å²) in [5, 5.41) is 3.51. The van der Waals surface area contributed by atoms with Crippen molar-refractivity contribution >= 4 is 23.4 Å². The molecule has 0 saturated carbocycles. The molecule has 1 aromatic carbocycles. The molecule has 8 nitrogen and oxygen atoms in total. The van der Waals surface area contributed by atoms with E-state index < -0.39 is 11.6 Å². The Kier molecular flexibility index (Phi) is 7.55. The first-order valence-corrected chi connectivity index (χ1v) is 10.2. The van der Waals surface area contributed by atoms with Crippen LogP contribution in [0.25, 0.3) is 0 Å². The molecule has 0 bridgehead atoms. The monoisotopic (exact) mass is 421 g/mol. The number of carbonyl (C=O) groups excluding carboxylic acids is 1. The summed E-state index contributed by atoms with van der Waals surface area (Å²) in [5.41, 5.74) is 0.154. The molecule has 1 N–H and O–H groups in total. The molecule has 1 aromatic heterocycles. The summed E-state index contributed by atoms with van der Waals surface area (Å²) >= 11 is 1.29. The van der Waals surface area contributed by atoms with E-state index >= 15 is 0 Å². The van der Waals surface area contributed by atoms with Crippen LogP contribution in [0, 0.1) is 0 Å². The van der Waals surface area contributed by atoms with Crippen molar-refractivity contribution in [2.24, 2.45) is 0 Å². The second kappa shape index (κ2) is 9.69. The van der Waals surface area contributed by atoms with E-state index in [0.717, 1.165) is 5.56 Å². The maximum atomic E-state index is 12.9. The Labute approximate surface area is 174 Å². The Morgan fingerprint density at radius 2 is 1.97 bits per heavy atom. The highest BCUT2D eigenvalue weighted by atomic mass is 32.2. The fourth-order valence-corrected chi connectivity index (χ4v) is 3.12. The number of nitrogens with zero attached hydrogens (tertiary/aromatic N) is 2. The molecule has 0 atom stereocenters. The Hall–Kier alpha value is -2.68. The van der Waals surface area contributed by atoms with E-state index in [2.05, 4.69) is 10.3 Å². The van der Waals surface area contributed by atoms with Crippen LogP contribution < -0.4 is 20.3 Å². The highest BCUT2D eigenvalue weighted by molar-refractivity contribution is 7.98. The summed E-state index contributed by atoms with van der Waals surface area (Å²) in [6.45, 7) is 5.47. The van der Waals surface area contributed by atoms with Gasteiger partial charge in [0.1, 0.15) is 29.3 Å². The highest BCUT2D eigenvalue weighted by Gasteiger charge is 2.19. The third-order valence-electron chi connectivity index (χ3n) is 3.86. The van der Waals surface area contributed by atoms with Gasteiger partial charge in [0.2, 0.25) is 0 Å². The largest absolute Gasteiger partial charge is 0.497 e. The topological polar surface area (TPSA) is 91.7 Å². The van der Waals surface area contributed by atoms with Crippen LogP contribution in [-0.2, 0) is 22.6 Å². The maximum absolute atomic E-state index is 12.9. The Bertz CT molecular complexity index is 921. The van der Waals surface area contributed by atoms with E-state index in [9.17, 15) is 9.59 Å². The van der Waals surface area contributed by atoms with Gasteiger partial charge in [-0.1, -0.05) is 11.8 Å². The molecule has 0 aliphatic rings. The van der Waals surface area contributed by atoms with Gasteiger partial charge in [-0.2, -0.15) is 0 Å². The predicted octanol–water partition coefficient (Wildman–Crippen LogP) is 2.94. The van der Waals surface area contributed by atoms with E-state index in [0.29, 0.717) is 23.2 Å². The number of aromatic nitrogens is 2. The molecule has 9 heteroatoms. The van der Waals surface area contributed by atoms with Crippen LogP contribution in [0.15, 0.2) is 34.3 Å². The number of benzene rings is 1. The van der Waals surface area contributed by atoms with Crippen LogP contribution in [0.5, 0.6) is 11.5 Å². The van der Waals surface area contributed by atoms with Crippen molar-refractivity contribution in [3.63, 3.8) is 0 Å². The van der Waals surface area contributed by atoms with Crippen LogP contribution in [-0.4, -0.2) is 41.6 Å². The molecule has 29 heavy (non-hydrogen) atoms. The van der Waals surface area contributed by atoms with Gasteiger partial charge in [0.15, 0.2) is 5.16 Å². The molecule has 2 rings (SSSR count). The average Bonchev–Trinajstić information content (AvgIpc) is 2.67. The lowest BCUT2D eigenvalue weighted by Crippen LogP contribution is -2.32. The summed E-state index contributed by atoms with van der Waals surface area (Å²) in [6.07, 6.45) is 3.26. The van der Waals surface area contributed by atoms with Crippen molar-refractivity contribution in [3.8, 4) is 11.5 Å². The Balaban J connectivity index is 2.24. The zero-order valence-corrected chi connectivity index (χ0v) is 18.4. The van der Waals surface area contributed by atoms with Gasteiger partial charge in [-0.3, -0.25) is 14.2 Å². The SMILES string of the molecule is COc1ccc(CNc2cnc(SC)n(CC(=O)OC(C)(C)C)c2=O)c(OC)c1. The van der Waals surface area contributed by atoms with Crippen LogP contribution >= 0.6 is 11.8 Å². The number of carbonyl (C=O) groups is 1. The standard InChI is InChI=1S/C20H27N3O5S/c1-20(2,3)28-17(24)12-23-18(25)15(11-22-19(23)29-6)21-10-13-7-8-14(26-4)9-16(13)27-5/h7-9,11,21H,10,12H2,1-6H3. The van der Waals surface area contributed by atoms with E-state index in [4.69, 9.17) is 14.2 Å². The molecule has 0 aliphatic heterocycles. The first-order valence-electron chi connectivity index (χ1n) is 8.99. The number of methoxy groups -OCH3 is 2. The van der Waals surface area contributed by atoms with Crippen LogP contribution in [0.4, 0.5) is 5.69 Å². The van der Waals surface area contributed by atoms with Gasteiger partial charge in [-0.15, -0.1) is 0 Å². The summed E-state index contributed by atoms with van der Waals surface area (Å²) in [5.74, 6) is 0.821. The van der Waals surface area contributed by atoms with E-state index in [-0.39, 0.29) is 17.8 Å². The van der Waals surface area contributed by atoms with Crippen molar-refractivity contribution in [3.05, 3.63) is 40.3 Å². The third-order valence-corrected chi connectivity index (χ3v) is 4.55. The van der Waals surface area contributed by atoms with Crippen LogP contribution in [0.1, 0.15) is 26.3 Å². The number of thioether (sulfide) groups is 1. The van der Waals surface area contributed by atoms with Crippen molar-refractivity contribution in [1.82, 2.24) is 9.55 Å². The third kappa shape index (κ3) is 6.15. The molecule has 1 heterocycles. The molecule has 158 valence electrons. The molecule has 0 aliphatic carbocycles. The van der Waals surface area contributed by atoms with Crippen molar-refractivity contribution in [1.29, 1.82) is 0 Å². The molecular weight excluding hydrogens is 394 g/mol. The number of esters is 1. The minimum Gasteiger partial charge on any atom is -0.497 e. The molecule has 0 spiro atoms. The second-order valence-corrected chi connectivity index (χ2v) is 7.94. The lowest BCUT2D eigenvalue weighted by molar-refractivity contribution is -0.155. The fraction of sp³-hybridized carbons (Fsp3) is 0.450. The van der Waals surface area contributed by atoms with Crippen molar-refractivity contribution in [2.45, 2.75) is 44.6 Å². The summed E-state index contributed by atoms with van der Waals surface area (Å²) in [4.78, 5) is 29.4. The van der Waals surface area contributed by atoms with Crippen molar-refractivity contribution < 1.29 is 19.0 Å². The normalized spacial score (nSPS) is 11.1. The molecule has 0 radical (unpaired) electrons. The molecule has 0 saturated heterocycles. The minimum absolute atomic E-state index is 0.208. The van der Waals surface area contributed by atoms with Gasteiger partial charge in [0.05, 0.1) is 20.4 Å². The quantitative estimate of drug-likeness (QED) is 0.395. The Morgan fingerprint density at radius 1 is 1.24 bits per heavy atom. The summed E-state index contributed by atoms with van der Waals surface area (Å²) in [6, 6.07) is 5.44. The lowest BCUT2D eigenvalue weighted by Gasteiger charge is -2.20. The zero-order chi connectivity index (χ0) is 21.6. The molecule has 0 unspecified atom stereocenters. The van der Waals surface area contributed by atoms with Gasteiger partial charge in [0, 0.05) is 18.2 Å². The van der Waals surface area contributed by atoms with Gasteiger partial charge in [0.25, 0.3) is 5.56 Å². The van der Waals surface area contributed by atoms with E-state index in [1.807, 2.05) is 12.1 Å². The number of rotatable bonds is 8. The highest BCUT2D eigenvalue weighted by Crippen LogP contribution is 2.25. The fourth-order valence-electron chi connectivity index (χ4n) is 2.59. The second-order valence-electron chi connectivity index (χ2n) is 7.17. The molecule has 2 aromatic rings. The first-order chi connectivity index (χ1) is 13.7. The summed E-state index contributed by atoms with van der Waals surface area (Å²) in [7, 11) is 3.15. The number of nitrogens with one attached hydrogen (secondary N) is 1. The zero-order valence-electron chi connectivity index (χ0n) is 17.6. The predicted molar refractivity (Wildman–Crippen MR) is 113 cm³/mol. The number of hydrogen-bond donors (Lipinski definition) is 1. The molecule has 0 fully saturated rings. The number of anilines is 1. The van der Waals surface area contributed by atoms with Crippen molar-refractivity contribution in [2.75, 3.05) is 25.8 Å². The maximum Gasteiger partial charge on any atom is 0.326 e. The van der Waals surface area contributed by atoms with E-state index in [1.165, 1.54) is 22.5 Å². The first kappa shape index (κ1) is 22.6. The Morgan fingerprint density at radius 3 is 2.55 bits per heavy atom. The smallest absolute Gasteiger partial charge is 0.326 e. The molecule has 0 amide bonds. The van der Waals surface area contributed by atoms with E-state index in [1.54, 1.807) is 47.3 Å². The summed E-state index contributed by atoms with van der Waals surface area (Å²) < 4.78 is 17.2.